The molecule has 0 bridgehead atoms. The molecule has 9 nitrogen and oxygen atoms in total. The first-order valence-corrected chi connectivity index (χ1v) is 9.62. The molecule has 3 heterocycles. The standard InChI is InChI=1S/C20H21FN4O5/c1-4-28-20(27)14-6-22-25(9-14)19-15-5-13(10-26)17(16(21)18(15)30-23-19)24-7-11(2)29-12(3)8-24/h5-6,9-12H,4,7-8H2,1-3H3/t11-,12+. The van der Waals surface area contributed by atoms with E-state index in [2.05, 4.69) is 10.3 Å². The number of aldehydes is 1. The first-order chi connectivity index (χ1) is 14.4. The van der Waals surface area contributed by atoms with Crippen LogP contribution < -0.4 is 4.90 Å². The molecule has 2 atom stereocenters. The van der Waals surface area contributed by atoms with Gasteiger partial charge in [-0.05, 0) is 26.8 Å². The molecule has 2 aromatic heterocycles. The third kappa shape index (κ3) is 3.43. The molecular weight excluding hydrogens is 395 g/mol. The first-order valence-electron chi connectivity index (χ1n) is 9.62. The highest BCUT2D eigenvalue weighted by atomic mass is 19.1. The van der Waals surface area contributed by atoms with Crippen LogP contribution in [0.15, 0.2) is 23.0 Å². The highest BCUT2D eigenvalue weighted by Gasteiger charge is 2.29. The van der Waals surface area contributed by atoms with Crippen LogP contribution in [-0.4, -0.2) is 59.1 Å². The molecule has 10 heteroatoms. The number of morpholine rings is 1. The zero-order valence-electron chi connectivity index (χ0n) is 16.8. The monoisotopic (exact) mass is 416 g/mol. The lowest BCUT2D eigenvalue weighted by Crippen LogP contribution is -2.46. The van der Waals surface area contributed by atoms with Gasteiger partial charge in [-0.3, -0.25) is 4.79 Å². The highest BCUT2D eigenvalue weighted by molar-refractivity contribution is 5.97. The van der Waals surface area contributed by atoms with E-state index >= 15 is 4.39 Å². The Morgan fingerprint density at radius 2 is 2.10 bits per heavy atom. The lowest BCUT2D eigenvalue weighted by atomic mass is 10.1. The fourth-order valence-electron chi connectivity index (χ4n) is 3.73. The summed E-state index contributed by atoms with van der Waals surface area (Å²) in [7, 11) is 0. The SMILES string of the molecule is CCOC(=O)c1cnn(-c2noc3c(F)c(N4C[C@@H](C)O[C@@H](C)C4)c(C=O)cc23)c1. The molecule has 0 unspecified atom stereocenters. The van der Waals surface area contributed by atoms with Crippen molar-refractivity contribution in [3.63, 3.8) is 0 Å². The summed E-state index contributed by atoms with van der Waals surface area (Å²) in [6.45, 7) is 6.60. The van der Waals surface area contributed by atoms with E-state index in [4.69, 9.17) is 14.0 Å². The van der Waals surface area contributed by atoms with Crippen molar-refractivity contribution in [3.05, 3.63) is 35.4 Å². The summed E-state index contributed by atoms with van der Waals surface area (Å²) in [6.07, 6.45) is 3.11. The third-order valence-electron chi connectivity index (χ3n) is 4.86. The number of fused-ring (bicyclic) bond motifs is 1. The Labute approximate surface area is 171 Å². The normalized spacial score (nSPS) is 19.3. The molecule has 0 spiro atoms. The number of anilines is 1. The molecule has 4 rings (SSSR count). The molecular formula is C20H21FN4O5. The summed E-state index contributed by atoms with van der Waals surface area (Å²) in [4.78, 5) is 25.5. The minimum atomic E-state index is -0.674. The third-order valence-corrected chi connectivity index (χ3v) is 4.86. The summed E-state index contributed by atoms with van der Waals surface area (Å²) in [5, 5.41) is 8.27. The molecule has 1 aliphatic rings. The fourth-order valence-corrected chi connectivity index (χ4v) is 3.73. The number of aromatic nitrogens is 3. The molecule has 1 aromatic carbocycles. The Morgan fingerprint density at radius 1 is 1.37 bits per heavy atom. The van der Waals surface area contributed by atoms with Crippen LogP contribution in [0.4, 0.5) is 10.1 Å². The van der Waals surface area contributed by atoms with Crippen LogP contribution in [0.5, 0.6) is 0 Å². The topological polar surface area (TPSA) is 99.7 Å². The molecule has 0 amide bonds. The van der Waals surface area contributed by atoms with Gasteiger partial charge in [0.1, 0.15) is 0 Å². The molecule has 0 aliphatic carbocycles. The first kappa shape index (κ1) is 20.0. The number of benzene rings is 1. The van der Waals surface area contributed by atoms with Crippen molar-refractivity contribution >= 4 is 28.9 Å². The average Bonchev–Trinajstić information content (AvgIpc) is 3.34. The van der Waals surface area contributed by atoms with E-state index in [1.54, 1.807) is 11.8 Å². The second-order valence-electron chi connectivity index (χ2n) is 7.19. The van der Waals surface area contributed by atoms with Crippen LogP contribution in [0.2, 0.25) is 0 Å². The average molecular weight is 416 g/mol. The number of ether oxygens (including phenoxy) is 2. The molecule has 158 valence electrons. The maximum Gasteiger partial charge on any atom is 0.341 e. The largest absolute Gasteiger partial charge is 0.462 e. The minimum Gasteiger partial charge on any atom is -0.462 e. The van der Waals surface area contributed by atoms with E-state index in [1.165, 1.54) is 23.1 Å². The molecule has 0 N–H and O–H groups in total. The number of nitrogens with zero attached hydrogens (tertiary/aromatic N) is 4. The predicted molar refractivity (Wildman–Crippen MR) is 105 cm³/mol. The van der Waals surface area contributed by atoms with E-state index in [0.29, 0.717) is 19.4 Å². The van der Waals surface area contributed by atoms with E-state index in [-0.39, 0.29) is 52.4 Å². The Bertz CT molecular complexity index is 1100. The number of hydrogen-bond donors (Lipinski definition) is 0. The molecule has 0 saturated carbocycles. The zero-order valence-corrected chi connectivity index (χ0v) is 16.8. The molecule has 3 aromatic rings. The van der Waals surface area contributed by atoms with Gasteiger partial charge < -0.3 is 18.9 Å². The van der Waals surface area contributed by atoms with Crippen molar-refractivity contribution in [2.75, 3.05) is 24.6 Å². The number of hydrogen-bond acceptors (Lipinski definition) is 8. The smallest absolute Gasteiger partial charge is 0.341 e. The predicted octanol–water partition coefficient (Wildman–Crippen LogP) is 2.76. The lowest BCUT2D eigenvalue weighted by Gasteiger charge is -2.37. The van der Waals surface area contributed by atoms with Crippen LogP contribution in [0.1, 0.15) is 41.5 Å². The summed E-state index contributed by atoms with van der Waals surface area (Å²) in [6, 6.07) is 1.52. The van der Waals surface area contributed by atoms with Gasteiger partial charge in [-0.25, -0.2) is 13.9 Å². The van der Waals surface area contributed by atoms with E-state index in [1.807, 2.05) is 13.8 Å². The van der Waals surface area contributed by atoms with Crippen LogP contribution in [0.25, 0.3) is 16.8 Å². The Balaban J connectivity index is 1.78. The Hall–Kier alpha value is -3.27. The van der Waals surface area contributed by atoms with Gasteiger partial charge in [0.2, 0.25) is 11.4 Å². The maximum atomic E-state index is 15.4. The summed E-state index contributed by atoms with van der Waals surface area (Å²) in [5.41, 5.74) is 0.459. The van der Waals surface area contributed by atoms with Gasteiger partial charge in [0.05, 0.1) is 41.6 Å². The van der Waals surface area contributed by atoms with Crippen LogP contribution in [0.3, 0.4) is 0 Å². The van der Waals surface area contributed by atoms with Gasteiger partial charge in [0.25, 0.3) is 0 Å². The summed E-state index contributed by atoms with van der Waals surface area (Å²) in [5.74, 6) is -1.04. The van der Waals surface area contributed by atoms with Crippen LogP contribution in [-0.2, 0) is 9.47 Å². The zero-order chi connectivity index (χ0) is 21.4. The van der Waals surface area contributed by atoms with Crippen molar-refractivity contribution in [1.82, 2.24) is 14.9 Å². The second kappa shape index (κ2) is 7.86. The lowest BCUT2D eigenvalue weighted by molar-refractivity contribution is -0.00543. The maximum absolute atomic E-state index is 15.4. The molecule has 1 fully saturated rings. The molecule has 1 aliphatic heterocycles. The molecule has 30 heavy (non-hydrogen) atoms. The number of rotatable bonds is 5. The van der Waals surface area contributed by atoms with Crippen molar-refractivity contribution in [2.24, 2.45) is 0 Å². The van der Waals surface area contributed by atoms with Gasteiger partial charge in [0, 0.05) is 24.8 Å². The number of carbonyl (C=O) groups excluding carboxylic acids is 2. The van der Waals surface area contributed by atoms with Gasteiger partial charge in [-0.15, -0.1) is 0 Å². The van der Waals surface area contributed by atoms with E-state index in [9.17, 15) is 9.59 Å². The van der Waals surface area contributed by atoms with E-state index < -0.39 is 11.8 Å². The number of carbonyl (C=O) groups is 2. The Morgan fingerprint density at radius 3 is 2.77 bits per heavy atom. The minimum absolute atomic E-state index is 0.0921. The van der Waals surface area contributed by atoms with Gasteiger partial charge in [-0.2, -0.15) is 5.10 Å². The second-order valence-corrected chi connectivity index (χ2v) is 7.19. The van der Waals surface area contributed by atoms with Crippen LogP contribution in [0, 0.1) is 5.82 Å². The molecule has 1 saturated heterocycles. The van der Waals surface area contributed by atoms with Crippen molar-refractivity contribution in [2.45, 2.75) is 33.0 Å². The van der Waals surface area contributed by atoms with Crippen LogP contribution >= 0.6 is 0 Å². The fraction of sp³-hybridized carbons (Fsp3) is 0.400. The number of halogens is 1. The summed E-state index contributed by atoms with van der Waals surface area (Å²) >= 11 is 0. The van der Waals surface area contributed by atoms with Crippen molar-refractivity contribution in [1.29, 1.82) is 0 Å². The quantitative estimate of drug-likeness (QED) is 0.462. The van der Waals surface area contributed by atoms with Gasteiger partial charge >= 0.3 is 5.97 Å². The molecule has 0 radical (unpaired) electrons. The van der Waals surface area contributed by atoms with Crippen molar-refractivity contribution < 1.29 is 28.0 Å². The Kier molecular flexibility index (Phi) is 5.25. The van der Waals surface area contributed by atoms with Gasteiger partial charge in [-0.1, -0.05) is 5.16 Å². The highest BCUT2D eigenvalue weighted by Crippen LogP contribution is 2.35. The summed E-state index contributed by atoms with van der Waals surface area (Å²) < 4.78 is 32.6. The van der Waals surface area contributed by atoms with E-state index in [0.717, 1.165) is 0 Å². The number of esters is 1. The van der Waals surface area contributed by atoms with Gasteiger partial charge in [0.15, 0.2) is 12.1 Å². The van der Waals surface area contributed by atoms with Crippen molar-refractivity contribution in [3.8, 4) is 5.82 Å².